The Morgan fingerprint density at radius 3 is 2.59 bits per heavy atom. The predicted molar refractivity (Wildman–Crippen MR) is 111 cm³/mol. The molecule has 0 atom stereocenters. The van der Waals surface area contributed by atoms with Crippen LogP contribution in [0, 0.1) is 0 Å². The maximum absolute atomic E-state index is 13.4. The summed E-state index contributed by atoms with van der Waals surface area (Å²) in [5, 5.41) is 4.14. The number of hydrogen-bond acceptors (Lipinski definition) is 4. The van der Waals surface area contributed by atoms with E-state index in [1.807, 2.05) is 29.2 Å². The van der Waals surface area contributed by atoms with Crippen molar-refractivity contribution < 1.29 is 14.4 Å². The number of thiophene rings is 1. The molecule has 1 aliphatic carbocycles. The Bertz CT molecular complexity index is 1040. The lowest BCUT2D eigenvalue weighted by Crippen LogP contribution is -2.42. The number of fused-ring (bicyclic) bond motifs is 3. The molecule has 1 aromatic heterocycles. The van der Waals surface area contributed by atoms with E-state index in [0.29, 0.717) is 35.1 Å². The van der Waals surface area contributed by atoms with Gasteiger partial charge in [0.25, 0.3) is 5.91 Å². The van der Waals surface area contributed by atoms with Crippen LogP contribution in [0.5, 0.6) is 0 Å². The van der Waals surface area contributed by atoms with Gasteiger partial charge in [-0.3, -0.25) is 14.4 Å². The largest absolute Gasteiger partial charge is 0.336 e. The lowest BCUT2D eigenvalue weighted by molar-refractivity contribution is -0.134. The molecule has 8 heteroatoms. The summed E-state index contributed by atoms with van der Waals surface area (Å²) < 4.78 is 0. The van der Waals surface area contributed by atoms with Crippen LogP contribution < -0.4 is 5.32 Å². The van der Waals surface area contributed by atoms with E-state index in [2.05, 4.69) is 5.32 Å². The highest BCUT2D eigenvalue weighted by molar-refractivity contribution is 7.17. The molecule has 150 valence electrons. The molecule has 0 radical (unpaired) electrons. The number of likely N-dealkylation sites (N-methyl/N-ethyl adjacent to an activating group) is 1. The highest BCUT2D eigenvalue weighted by Gasteiger charge is 2.53. The van der Waals surface area contributed by atoms with E-state index in [-0.39, 0.29) is 24.3 Å². The Balaban J connectivity index is 1.43. The Hall–Kier alpha value is -2.38. The van der Waals surface area contributed by atoms with Crippen LogP contribution in [0.3, 0.4) is 0 Å². The van der Waals surface area contributed by atoms with Crippen LogP contribution in [0.1, 0.15) is 39.2 Å². The lowest BCUT2D eigenvalue weighted by atomic mass is 9.93. The second-order valence-electron chi connectivity index (χ2n) is 7.98. The smallest absolute Gasteiger partial charge is 0.257 e. The van der Waals surface area contributed by atoms with Crippen molar-refractivity contribution in [2.45, 2.75) is 31.2 Å². The minimum Gasteiger partial charge on any atom is -0.336 e. The summed E-state index contributed by atoms with van der Waals surface area (Å²) in [6.45, 7) is 1.12. The highest BCUT2D eigenvalue weighted by Crippen LogP contribution is 2.50. The average Bonchev–Trinajstić information content (AvgIpc) is 3.44. The summed E-state index contributed by atoms with van der Waals surface area (Å²) in [6.07, 6.45) is 2.31. The molecule has 2 aliphatic heterocycles. The van der Waals surface area contributed by atoms with Crippen LogP contribution in [0.25, 0.3) is 0 Å². The molecule has 1 saturated carbocycles. The van der Waals surface area contributed by atoms with Crippen LogP contribution in [0.2, 0.25) is 5.02 Å². The number of nitrogens with one attached hydrogen (secondary N) is 1. The van der Waals surface area contributed by atoms with E-state index in [1.54, 1.807) is 7.05 Å². The van der Waals surface area contributed by atoms with E-state index >= 15 is 0 Å². The van der Waals surface area contributed by atoms with Gasteiger partial charge >= 0.3 is 0 Å². The molecule has 0 unspecified atom stereocenters. The molecule has 1 N–H and O–H groups in total. The van der Waals surface area contributed by atoms with Gasteiger partial charge in [-0.1, -0.05) is 23.7 Å². The van der Waals surface area contributed by atoms with Gasteiger partial charge in [0.2, 0.25) is 11.8 Å². The zero-order valence-electron chi connectivity index (χ0n) is 16.0. The second kappa shape index (κ2) is 6.57. The molecular weight excluding hydrogens is 410 g/mol. The van der Waals surface area contributed by atoms with Crippen molar-refractivity contribution in [1.82, 2.24) is 9.80 Å². The van der Waals surface area contributed by atoms with Crippen molar-refractivity contribution in [3.05, 3.63) is 50.9 Å². The number of halogens is 1. The number of nitrogens with zero attached hydrogens (tertiary/aromatic N) is 2. The summed E-state index contributed by atoms with van der Waals surface area (Å²) in [5.41, 5.74) is 2.15. The molecule has 6 nitrogen and oxygen atoms in total. The topological polar surface area (TPSA) is 69.7 Å². The normalized spacial score (nSPS) is 19.9. The quantitative estimate of drug-likeness (QED) is 0.797. The Morgan fingerprint density at radius 2 is 1.90 bits per heavy atom. The average molecular weight is 430 g/mol. The van der Waals surface area contributed by atoms with Crippen LogP contribution >= 0.6 is 22.9 Å². The minimum atomic E-state index is -0.444. The fourth-order valence-corrected chi connectivity index (χ4v) is 5.76. The van der Waals surface area contributed by atoms with Crippen LogP contribution in [-0.2, 0) is 28.0 Å². The van der Waals surface area contributed by atoms with Crippen LogP contribution in [0.15, 0.2) is 24.3 Å². The molecule has 0 spiro atoms. The van der Waals surface area contributed by atoms with E-state index < -0.39 is 5.41 Å². The van der Waals surface area contributed by atoms with Gasteiger partial charge in [-0.05, 0) is 42.5 Å². The van der Waals surface area contributed by atoms with Gasteiger partial charge in [-0.2, -0.15) is 0 Å². The molecule has 5 rings (SSSR count). The van der Waals surface area contributed by atoms with E-state index in [0.717, 1.165) is 28.8 Å². The molecule has 3 heterocycles. The standard InChI is InChI=1S/C21H20ClN3O3S/c1-24-11-16(26)23-18-17(19(24)27)14-6-9-25(10-15(14)29-18)20(28)21(7-8-21)12-2-4-13(22)5-3-12/h2-5H,6-11H2,1H3,(H,23,26). The van der Waals surface area contributed by atoms with Gasteiger partial charge in [-0.15, -0.1) is 11.3 Å². The summed E-state index contributed by atoms with van der Waals surface area (Å²) >= 11 is 7.43. The first-order valence-electron chi connectivity index (χ1n) is 9.64. The van der Waals surface area contributed by atoms with Crippen molar-refractivity contribution in [3.8, 4) is 0 Å². The van der Waals surface area contributed by atoms with Gasteiger partial charge < -0.3 is 15.1 Å². The van der Waals surface area contributed by atoms with Crippen molar-refractivity contribution in [2.75, 3.05) is 25.5 Å². The molecule has 3 amide bonds. The molecular formula is C21H20ClN3O3S. The third-order valence-corrected chi connectivity index (χ3v) is 7.48. The van der Waals surface area contributed by atoms with E-state index in [4.69, 9.17) is 11.6 Å². The number of hydrogen-bond donors (Lipinski definition) is 1. The number of rotatable bonds is 2. The maximum atomic E-state index is 13.4. The molecule has 2 aromatic rings. The zero-order chi connectivity index (χ0) is 20.3. The van der Waals surface area contributed by atoms with Crippen molar-refractivity contribution in [1.29, 1.82) is 0 Å². The number of carbonyl (C=O) groups is 3. The summed E-state index contributed by atoms with van der Waals surface area (Å²) in [5.74, 6) is -0.178. The first kappa shape index (κ1) is 18.6. The SMILES string of the molecule is CN1CC(=O)Nc2sc3c(c2C1=O)CCN(C(=O)C1(c2ccc(Cl)cc2)CC1)C3. The maximum Gasteiger partial charge on any atom is 0.257 e. The number of carbonyl (C=O) groups excluding carboxylic acids is 3. The van der Waals surface area contributed by atoms with Gasteiger partial charge in [0.05, 0.1) is 24.1 Å². The predicted octanol–water partition coefficient (Wildman–Crippen LogP) is 3.04. The number of anilines is 1. The molecule has 1 fully saturated rings. The molecule has 3 aliphatic rings. The minimum absolute atomic E-state index is 0.0588. The molecule has 0 bridgehead atoms. The second-order valence-corrected chi connectivity index (χ2v) is 9.52. The number of amides is 3. The monoisotopic (exact) mass is 429 g/mol. The van der Waals surface area contributed by atoms with Crippen molar-refractivity contribution >= 4 is 45.7 Å². The number of benzene rings is 1. The summed E-state index contributed by atoms with van der Waals surface area (Å²) in [7, 11) is 1.64. The first-order chi connectivity index (χ1) is 13.9. The van der Waals surface area contributed by atoms with Gasteiger partial charge in [0, 0.05) is 23.5 Å². The van der Waals surface area contributed by atoms with Crippen LogP contribution in [-0.4, -0.2) is 47.7 Å². The summed E-state index contributed by atoms with van der Waals surface area (Å²) in [6, 6.07) is 7.55. The van der Waals surface area contributed by atoms with Gasteiger partial charge in [-0.25, -0.2) is 0 Å². The Morgan fingerprint density at radius 1 is 1.17 bits per heavy atom. The first-order valence-corrected chi connectivity index (χ1v) is 10.8. The van der Waals surface area contributed by atoms with E-state index in [1.165, 1.54) is 16.2 Å². The van der Waals surface area contributed by atoms with Crippen molar-refractivity contribution in [2.24, 2.45) is 0 Å². The van der Waals surface area contributed by atoms with Gasteiger partial charge in [0.1, 0.15) is 5.00 Å². The van der Waals surface area contributed by atoms with Gasteiger partial charge in [0.15, 0.2) is 0 Å². The molecule has 1 aromatic carbocycles. The molecule has 29 heavy (non-hydrogen) atoms. The third-order valence-electron chi connectivity index (χ3n) is 6.09. The lowest BCUT2D eigenvalue weighted by Gasteiger charge is -2.31. The molecule has 0 saturated heterocycles. The Labute approximate surface area is 177 Å². The highest BCUT2D eigenvalue weighted by atomic mass is 35.5. The van der Waals surface area contributed by atoms with Crippen molar-refractivity contribution in [3.63, 3.8) is 0 Å². The third kappa shape index (κ3) is 2.95. The van der Waals surface area contributed by atoms with Crippen LogP contribution in [0.4, 0.5) is 5.00 Å². The fraction of sp³-hybridized carbons (Fsp3) is 0.381. The fourth-order valence-electron chi connectivity index (χ4n) is 4.36. The Kier molecular flexibility index (Phi) is 4.22. The van der Waals surface area contributed by atoms with E-state index in [9.17, 15) is 14.4 Å². The summed E-state index contributed by atoms with van der Waals surface area (Å²) in [4.78, 5) is 42.5. The zero-order valence-corrected chi connectivity index (χ0v) is 17.5.